The Balaban J connectivity index is 2.13. The third-order valence-electron chi connectivity index (χ3n) is 2.67. The van der Waals surface area contributed by atoms with E-state index in [0.717, 1.165) is 16.6 Å². The third kappa shape index (κ3) is 3.24. The predicted octanol–water partition coefficient (Wildman–Crippen LogP) is 3.81. The van der Waals surface area contributed by atoms with E-state index in [0.29, 0.717) is 11.3 Å². The fourth-order valence-electron chi connectivity index (χ4n) is 1.66. The maximum atomic E-state index is 13.4. The molecule has 0 spiro atoms. The molecule has 0 saturated carbocycles. The molecule has 0 aromatic heterocycles. The van der Waals surface area contributed by atoms with Crippen molar-refractivity contribution in [2.24, 2.45) is 0 Å². The second-order valence-electron chi connectivity index (χ2n) is 4.05. The van der Waals surface area contributed by atoms with Crippen LogP contribution in [0.4, 0.5) is 15.8 Å². The minimum atomic E-state index is -0.904. The number of nitro groups is 1. The Morgan fingerprint density at radius 2 is 2.05 bits per heavy atom. The average molecular weight is 341 g/mol. The first-order chi connectivity index (χ1) is 9.47. The molecule has 2 rings (SSSR count). The summed E-state index contributed by atoms with van der Waals surface area (Å²) in [4.78, 5) is 9.72. The van der Waals surface area contributed by atoms with Crippen LogP contribution in [0.3, 0.4) is 0 Å². The van der Waals surface area contributed by atoms with Gasteiger partial charge in [0, 0.05) is 34.4 Å². The van der Waals surface area contributed by atoms with E-state index in [1.807, 2.05) is 0 Å². The van der Waals surface area contributed by atoms with E-state index >= 15 is 0 Å². The summed E-state index contributed by atoms with van der Waals surface area (Å²) in [5.41, 5.74) is 0.450. The largest absolute Gasteiger partial charge is 0.508 e. The summed E-state index contributed by atoms with van der Waals surface area (Å²) in [6.45, 7) is 0.266. The Hall–Kier alpha value is -2.15. The van der Waals surface area contributed by atoms with Crippen LogP contribution in [0.2, 0.25) is 0 Å². The van der Waals surface area contributed by atoms with Crippen molar-refractivity contribution < 1.29 is 14.4 Å². The third-order valence-corrected chi connectivity index (χ3v) is 3.16. The molecule has 2 aromatic carbocycles. The van der Waals surface area contributed by atoms with Crippen LogP contribution < -0.4 is 5.32 Å². The van der Waals surface area contributed by atoms with E-state index in [1.54, 1.807) is 12.1 Å². The van der Waals surface area contributed by atoms with Gasteiger partial charge in [0.1, 0.15) is 5.75 Å². The number of nitro benzene ring substituents is 1. The van der Waals surface area contributed by atoms with E-state index in [1.165, 1.54) is 12.1 Å². The Morgan fingerprint density at radius 3 is 2.70 bits per heavy atom. The van der Waals surface area contributed by atoms with Crippen LogP contribution in [0.25, 0.3) is 0 Å². The monoisotopic (exact) mass is 340 g/mol. The van der Waals surface area contributed by atoms with E-state index in [-0.39, 0.29) is 12.3 Å². The zero-order valence-corrected chi connectivity index (χ0v) is 11.7. The van der Waals surface area contributed by atoms with Gasteiger partial charge in [-0.15, -0.1) is 0 Å². The first-order valence-corrected chi connectivity index (χ1v) is 6.42. The van der Waals surface area contributed by atoms with Crippen molar-refractivity contribution in [3.63, 3.8) is 0 Å². The van der Waals surface area contributed by atoms with E-state index in [2.05, 4.69) is 21.2 Å². The lowest BCUT2D eigenvalue weighted by Crippen LogP contribution is -2.01. The molecule has 0 heterocycles. The number of anilines is 1. The van der Waals surface area contributed by atoms with E-state index in [4.69, 9.17) is 0 Å². The van der Waals surface area contributed by atoms with Crippen molar-refractivity contribution in [3.8, 4) is 5.75 Å². The van der Waals surface area contributed by atoms with Gasteiger partial charge in [-0.2, -0.15) is 4.39 Å². The highest BCUT2D eigenvalue weighted by atomic mass is 79.9. The van der Waals surface area contributed by atoms with Crippen molar-refractivity contribution >= 4 is 27.3 Å². The summed E-state index contributed by atoms with van der Waals surface area (Å²) < 4.78 is 14.2. The highest BCUT2D eigenvalue weighted by molar-refractivity contribution is 9.10. The standard InChI is InChI=1S/C13H10BrFN2O3/c14-9-1-4-13(18)8(5-9)7-16-10-2-3-12(17(19)20)11(15)6-10/h1-6,16,18H,7H2. The van der Waals surface area contributed by atoms with E-state index < -0.39 is 16.4 Å². The molecule has 0 fully saturated rings. The summed E-state index contributed by atoms with van der Waals surface area (Å²) >= 11 is 3.29. The first kappa shape index (κ1) is 14.3. The number of hydrogen-bond donors (Lipinski definition) is 2. The summed E-state index contributed by atoms with van der Waals surface area (Å²) in [7, 11) is 0. The summed E-state index contributed by atoms with van der Waals surface area (Å²) in [5.74, 6) is -0.790. The zero-order valence-electron chi connectivity index (χ0n) is 10.1. The van der Waals surface area contributed by atoms with Crippen molar-refractivity contribution in [2.75, 3.05) is 5.32 Å². The van der Waals surface area contributed by atoms with Crippen molar-refractivity contribution in [1.29, 1.82) is 0 Å². The molecule has 0 aliphatic carbocycles. The minimum Gasteiger partial charge on any atom is -0.508 e. The number of nitrogens with one attached hydrogen (secondary N) is 1. The van der Waals surface area contributed by atoms with Crippen LogP contribution in [0.5, 0.6) is 5.75 Å². The molecule has 0 amide bonds. The molecule has 5 nitrogen and oxygen atoms in total. The number of halogens is 2. The quantitative estimate of drug-likeness (QED) is 0.655. The van der Waals surface area contributed by atoms with Crippen molar-refractivity contribution in [1.82, 2.24) is 0 Å². The number of aromatic hydroxyl groups is 1. The molecule has 0 atom stereocenters. The molecule has 0 aliphatic rings. The van der Waals surface area contributed by atoms with Gasteiger partial charge < -0.3 is 10.4 Å². The van der Waals surface area contributed by atoms with Crippen LogP contribution >= 0.6 is 15.9 Å². The minimum absolute atomic E-state index is 0.114. The lowest BCUT2D eigenvalue weighted by molar-refractivity contribution is -0.387. The molecular formula is C13H10BrFN2O3. The molecule has 0 bridgehead atoms. The van der Waals surface area contributed by atoms with E-state index in [9.17, 15) is 19.6 Å². The fourth-order valence-corrected chi connectivity index (χ4v) is 2.07. The molecule has 7 heteroatoms. The van der Waals surface area contributed by atoms with Gasteiger partial charge in [0.15, 0.2) is 0 Å². The van der Waals surface area contributed by atoms with Gasteiger partial charge in [0.2, 0.25) is 5.82 Å². The number of phenolic OH excluding ortho intramolecular Hbond substituents is 1. The smallest absolute Gasteiger partial charge is 0.304 e. The maximum absolute atomic E-state index is 13.4. The molecular weight excluding hydrogens is 331 g/mol. The van der Waals surface area contributed by atoms with Crippen molar-refractivity contribution in [2.45, 2.75) is 6.54 Å². The van der Waals surface area contributed by atoms with Gasteiger partial charge in [-0.05, 0) is 24.3 Å². The maximum Gasteiger partial charge on any atom is 0.304 e. The molecule has 2 aromatic rings. The summed E-state index contributed by atoms with van der Waals surface area (Å²) in [5, 5.41) is 23.1. The molecule has 20 heavy (non-hydrogen) atoms. The number of benzene rings is 2. The molecule has 0 unspecified atom stereocenters. The van der Waals surface area contributed by atoms with Gasteiger partial charge in [-0.1, -0.05) is 15.9 Å². The lowest BCUT2D eigenvalue weighted by atomic mass is 10.2. The number of rotatable bonds is 4. The van der Waals surface area contributed by atoms with Gasteiger partial charge in [-0.3, -0.25) is 10.1 Å². The molecule has 104 valence electrons. The molecule has 2 N–H and O–H groups in total. The molecule has 0 saturated heterocycles. The first-order valence-electron chi connectivity index (χ1n) is 5.62. The Kier molecular flexibility index (Phi) is 4.19. The van der Waals surface area contributed by atoms with Gasteiger partial charge in [0.05, 0.1) is 4.92 Å². The average Bonchev–Trinajstić information content (AvgIpc) is 2.39. The SMILES string of the molecule is O=[N+]([O-])c1ccc(NCc2cc(Br)ccc2O)cc1F. The van der Waals surface area contributed by atoms with Crippen LogP contribution in [0.1, 0.15) is 5.56 Å². The Morgan fingerprint density at radius 1 is 1.30 bits per heavy atom. The fraction of sp³-hybridized carbons (Fsp3) is 0.0769. The van der Waals surface area contributed by atoms with Gasteiger partial charge >= 0.3 is 5.69 Å². The topological polar surface area (TPSA) is 75.4 Å². The van der Waals surface area contributed by atoms with Crippen LogP contribution in [0.15, 0.2) is 40.9 Å². The van der Waals surface area contributed by atoms with Crippen LogP contribution in [0, 0.1) is 15.9 Å². The van der Waals surface area contributed by atoms with Gasteiger partial charge in [0.25, 0.3) is 0 Å². The zero-order chi connectivity index (χ0) is 14.7. The van der Waals surface area contributed by atoms with Crippen LogP contribution in [-0.4, -0.2) is 10.0 Å². The van der Waals surface area contributed by atoms with Crippen LogP contribution in [-0.2, 0) is 6.54 Å². The number of phenols is 1. The lowest BCUT2D eigenvalue weighted by Gasteiger charge is -2.08. The normalized spacial score (nSPS) is 10.3. The predicted molar refractivity (Wildman–Crippen MR) is 76.2 cm³/mol. The summed E-state index contributed by atoms with van der Waals surface area (Å²) in [6, 6.07) is 8.52. The number of nitrogens with zero attached hydrogens (tertiary/aromatic N) is 1. The summed E-state index contributed by atoms with van der Waals surface area (Å²) in [6.07, 6.45) is 0. The van der Waals surface area contributed by atoms with Crippen molar-refractivity contribution in [3.05, 3.63) is 62.4 Å². The van der Waals surface area contributed by atoms with Gasteiger partial charge in [-0.25, -0.2) is 0 Å². The highest BCUT2D eigenvalue weighted by Crippen LogP contribution is 2.24. The second kappa shape index (κ2) is 5.87. The number of hydrogen-bond acceptors (Lipinski definition) is 4. The Bertz CT molecular complexity index is 664. The highest BCUT2D eigenvalue weighted by Gasteiger charge is 2.13. The Labute approximate surface area is 122 Å². The molecule has 0 aliphatic heterocycles. The molecule has 0 radical (unpaired) electrons. The second-order valence-corrected chi connectivity index (χ2v) is 4.97.